The Morgan fingerprint density at radius 2 is 1.67 bits per heavy atom. The maximum absolute atomic E-state index is 15.2. The summed E-state index contributed by atoms with van der Waals surface area (Å²) >= 11 is 0. The van der Waals surface area contributed by atoms with Crippen molar-refractivity contribution in [2.24, 2.45) is 0 Å². The zero-order valence-electron chi connectivity index (χ0n) is 29.0. The number of hydrogen-bond acceptors (Lipinski definition) is 10. The first-order chi connectivity index (χ1) is 24.5. The molecule has 0 bridgehead atoms. The molecule has 0 spiro atoms. The van der Waals surface area contributed by atoms with Crippen LogP contribution in [0.4, 0.5) is 19.3 Å². The van der Waals surface area contributed by atoms with Gasteiger partial charge in [0.25, 0.3) is 15.9 Å². The van der Waals surface area contributed by atoms with Crippen LogP contribution in [0, 0.1) is 11.6 Å². The van der Waals surface area contributed by atoms with E-state index in [9.17, 15) is 13.2 Å². The number of carbonyl (C=O) groups excluding carboxylic acids is 2. The van der Waals surface area contributed by atoms with Crippen LogP contribution in [0.15, 0.2) is 53.6 Å². The number of carbonyl (C=O) groups is 2. The number of ether oxygens (including phenoxy) is 3. The zero-order chi connectivity index (χ0) is 36.5. The molecule has 274 valence electrons. The second-order valence-electron chi connectivity index (χ2n) is 12.5. The molecule has 1 N–H and O–H groups in total. The van der Waals surface area contributed by atoms with E-state index in [0.717, 1.165) is 38.5 Å². The number of halogens is 2. The average Bonchev–Trinajstić information content (AvgIpc) is 3.38. The fourth-order valence-corrected chi connectivity index (χ4v) is 8.81. The van der Waals surface area contributed by atoms with Crippen molar-refractivity contribution >= 4 is 27.6 Å². The first-order valence-corrected chi connectivity index (χ1v) is 18.4. The number of amides is 3. The lowest BCUT2D eigenvalue weighted by atomic mass is 9.84. The molecule has 13 nitrogen and oxygen atoms in total. The molecule has 2 saturated heterocycles. The van der Waals surface area contributed by atoms with E-state index >= 15 is 13.6 Å². The third kappa shape index (κ3) is 6.44. The Labute approximate surface area is 296 Å². The highest BCUT2D eigenvalue weighted by atomic mass is 32.2. The van der Waals surface area contributed by atoms with Gasteiger partial charge < -0.3 is 29.3 Å². The number of methoxy groups -OCH3 is 2. The first kappa shape index (κ1) is 36.3. The Kier molecular flexibility index (Phi) is 10.4. The van der Waals surface area contributed by atoms with Crippen LogP contribution >= 0.6 is 0 Å². The Hall–Kier alpha value is -4.54. The topological polar surface area (TPSA) is 134 Å². The number of piperazine rings is 1. The van der Waals surface area contributed by atoms with E-state index in [1.165, 1.54) is 55.6 Å². The van der Waals surface area contributed by atoms with Crippen LogP contribution in [-0.2, 0) is 20.4 Å². The molecular weight excluding hydrogens is 686 g/mol. The standard InChI is InChI=1S/C35H42F2N6O7S/c1-5-40-14-11-23(12-15-40)41-16-18-42(19-17-41)34(45)39-35(25-8-7-13-38-32(25)50-6-2)26-21-27(36)28(37)22-29(26)43(33(35)44)51(46,47)31-10-9-24(48-3)20-30(31)49-4/h7-10,13,20-23H,5-6,11-12,14-19H2,1-4H3,(H,39,45). The highest BCUT2D eigenvalue weighted by Gasteiger charge is 2.59. The molecule has 2 fully saturated rings. The summed E-state index contributed by atoms with van der Waals surface area (Å²) in [6, 6.07) is 7.82. The van der Waals surface area contributed by atoms with Crippen LogP contribution in [0.5, 0.6) is 17.4 Å². The lowest BCUT2D eigenvalue weighted by Crippen LogP contribution is -2.61. The molecule has 1 aromatic heterocycles. The van der Waals surface area contributed by atoms with Gasteiger partial charge >= 0.3 is 6.03 Å². The second kappa shape index (κ2) is 14.6. The molecule has 4 heterocycles. The van der Waals surface area contributed by atoms with Crippen molar-refractivity contribution in [1.29, 1.82) is 0 Å². The van der Waals surface area contributed by atoms with Crippen LogP contribution in [-0.4, -0.2) is 113 Å². The molecule has 3 aliphatic heterocycles. The number of sulfonamides is 1. The van der Waals surface area contributed by atoms with E-state index < -0.39 is 49.7 Å². The highest BCUT2D eigenvalue weighted by Crippen LogP contribution is 2.50. The van der Waals surface area contributed by atoms with E-state index in [1.54, 1.807) is 6.92 Å². The molecule has 6 rings (SSSR count). The van der Waals surface area contributed by atoms with Crippen molar-refractivity contribution in [3.63, 3.8) is 0 Å². The maximum Gasteiger partial charge on any atom is 0.318 e. The van der Waals surface area contributed by atoms with Gasteiger partial charge in [-0.05, 0) is 69.7 Å². The van der Waals surface area contributed by atoms with Crippen molar-refractivity contribution < 1.29 is 41.0 Å². The van der Waals surface area contributed by atoms with Gasteiger partial charge in [-0.1, -0.05) is 6.92 Å². The number of hydrogen-bond donors (Lipinski definition) is 1. The van der Waals surface area contributed by atoms with Gasteiger partial charge in [0, 0.05) is 56.1 Å². The van der Waals surface area contributed by atoms with Crippen molar-refractivity contribution in [2.75, 3.05) is 70.9 Å². The number of nitrogens with one attached hydrogen (secondary N) is 1. The van der Waals surface area contributed by atoms with Crippen molar-refractivity contribution in [3.8, 4) is 17.4 Å². The quantitative estimate of drug-likeness (QED) is 0.331. The van der Waals surface area contributed by atoms with Gasteiger partial charge in [-0.15, -0.1) is 0 Å². The zero-order valence-corrected chi connectivity index (χ0v) is 29.8. The lowest BCUT2D eigenvalue weighted by molar-refractivity contribution is -0.121. The molecule has 3 amide bonds. The number of likely N-dealkylation sites (tertiary alicyclic amines) is 1. The Balaban J connectivity index is 1.43. The molecule has 1 atom stereocenters. The van der Waals surface area contributed by atoms with Crippen molar-refractivity contribution in [1.82, 2.24) is 25.0 Å². The molecule has 1 unspecified atom stereocenters. The van der Waals surface area contributed by atoms with Crippen LogP contribution in [0.2, 0.25) is 0 Å². The summed E-state index contributed by atoms with van der Waals surface area (Å²) in [5.74, 6) is -3.97. The van der Waals surface area contributed by atoms with Gasteiger partial charge in [0.1, 0.15) is 16.4 Å². The first-order valence-electron chi connectivity index (χ1n) is 16.9. The smallest absolute Gasteiger partial charge is 0.318 e. The minimum atomic E-state index is -4.91. The number of rotatable bonds is 10. The molecule has 0 radical (unpaired) electrons. The van der Waals surface area contributed by atoms with Gasteiger partial charge in [0.15, 0.2) is 17.2 Å². The Morgan fingerprint density at radius 1 is 0.961 bits per heavy atom. The summed E-state index contributed by atoms with van der Waals surface area (Å²) in [4.78, 5) is 39.5. The number of aromatic nitrogens is 1. The molecule has 16 heteroatoms. The molecule has 0 aliphatic carbocycles. The maximum atomic E-state index is 15.2. The highest BCUT2D eigenvalue weighted by molar-refractivity contribution is 7.93. The molecule has 3 aliphatic rings. The van der Waals surface area contributed by atoms with Crippen molar-refractivity contribution in [3.05, 3.63) is 71.4 Å². The monoisotopic (exact) mass is 728 g/mol. The fourth-order valence-electron chi connectivity index (χ4n) is 7.21. The van der Waals surface area contributed by atoms with Gasteiger partial charge in [-0.3, -0.25) is 9.69 Å². The van der Waals surface area contributed by atoms with Gasteiger partial charge in [-0.25, -0.2) is 27.0 Å². The molecule has 3 aromatic rings. The van der Waals surface area contributed by atoms with Gasteiger partial charge in [-0.2, -0.15) is 4.31 Å². The number of piperidine rings is 1. The van der Waals surface area contributed by atoms with Crippen LogP contribution in [0.3, 0.4) is 0 Å². The molecular formula is C35H42F2N6O7S. The van der Waals surface area contributed by atoms with Crippen LogP contribution < -0.4 is 23.8 Å². The number of pyridine rings is 1. The number of fused-ring (bicyclic) bond motifs is 1. The van der Waals surface area contributed by atoms with E-state index in [4.69, 9.17) is 14.2 Å². The average molecular weight is 729 g/mol. The summed E-state index contributed by atoms with van der Waals surface area (Å²) in [6.07, 6.45) is 3.46. The van der Waals surface area contributed by atoms with E-state index in [2.05, 4.69) is 27.0 Å². The van der Waals surface area contributed by atoms with Gasteiger partial charge in [0.2, 0.25) is 5.88 Å². The minimum Gasteiger partial charge on any atom is -0.497 e. The third-order valence-corrected chi connectivity index (χ3v) is 11.7. The van der Waals surface area contributed by atoms with E-state index in [-0.39, 0.29) is 35.1 Å². The molecule has 0 saturated carbocycles. The largest absolute Gasteiger partial charge is 0.497 e. The normalized spacial score (nSPS) is 20.3. The summed E-state index contributed by atoms with van der Waals surface area (Å²) in [5, 5.41) is 2.78. The fraction of sp³-hybridized carbons (Fsp3) is 0.457. The Morgan fingerprint density at radius 3 is 2.31 bits per heavy atom. The number of anilines is 1. The number of benzene rings is 2. The SMILES string of the molecule is CCOc1ncccc1C1(NC(=O)N2CCN(C3CCN(CC)CC3)CC2)C(=O)N(S(=O)(=O)c2ccc(OC)cc2OC)c2cc(F)c(F)cc21. The van der Waals surface area contributed by atoms with Crippen molar-refractivity contribution in [2.45, 2.75) is 43.2 Å². The summed E-state index contributed by atoms with van der Waals surface area (Å²) in [7, 11) is -2.28. The second-order valence-corrected chi connectivity index (χ2v) is 14.3. The molecule has 2 aromatic carbocycles. The minimum absolute atomic E-state index is 0.0572. The van der Waals surface area contributed by atoms with Gasteiger partial charge in [0.05, 0.1) is 32.1 Å². The predicted molar refractivity (Wildman–Crippen MR) is 184 cm³/mol. The number of urea groups is 1. The van der Waals surface area contributed by atoms with E-state index in [0.29, 0.717) is 42.6 Å². The number of nitrogens with zero attached hydrogens (tertiary/aromatic N) is 5. The van der Waals surface area contributed by atoms with Crippen LogP contribution in [0.25, 0.3) is 0 Å². The third-order valence-electron chi connectivity index (χ3n) is 9.93. The van der Waals surface area contributed by atoms with E-state index in [1.807, 2.05) is 0 Å². The summed E-state index contributed by atoms with van der Waals surface area (Å²) in [6.45, 7) is 8.80. The predicted octanol–water partition coefficient (Wildman–Crippen LogP) is 3.57. The summed E-state index contributed by atoms with van der Waals surface area (Å²) < 4.78 is 76.1. The lowest BCUT2D eigenvalue weighted by Gasteiger charge is -2.43. The van der Waals surface area contributed by atoms with Crippen LogP contribution in [0.1, 0.15) is 37.8 Å². The summed E-state index contributed by atoms with van der Waals surface area (Å²) in [5.41, 5.74) is -3.27. The molecule has 51 heavy (non-hydrogen) atoms. The Bertz CT molecular complexity index is 1900.